The van der Waals surface area contributed by atoms with Crippen LogP contribution in [0.25, 0.3) is 0 Å². The van der Waals surface area contributed by atoms with E-state index >= 15 is 0 Å². The highest BCUT2D eigenvalue weighted by molar-refractivity contribution is 6.17. The fourth-order valence-corrected chi connectivity index (χ4v) is 1.00. The second-order valence-electron chi connectivity index (χ2n) is 2.52. The fourth-order valence-electron chi connectivity index (χ4n) is 1.00. The molecule has 0 spiro atoms. The lowest BCUT2D eigenvalue weighted by atomic mass is 10.2. The van der Waals surface area contributed by atoms with Gasteiger partial charge in [0, 0.05) is 0 Å². The number of hydrogen-bond acceptors (Lipinski definition) is 4. The molecule has 0 aliphatic carbocycles. The Morgan fingerprint density at radius 3 is 3.00 bits per heavy atom. The molecule has 1 rings (SSSR count). The van der Waals surface area contributed by atoms with Crippen LogP contribution in [-0.4, -0.2) is 25.3 Å². The van der Waals surface area contributed by atoms with Crippen LogP contribution in [0, 0.1) is 0 Å². The van der Waals surface area contributed by atoms with Crippen LogP contribution in [0.15, 0.2) is 24.3 Å². The standard InChI is InChI=1S/C9H11BO4/c1-2-13-9(11)7-4-3-5-8(6-7)14-10-12/h3-6,10,12H,2H2,1H3. The summed E-state index contributed by atoms with van der Waals surface area (Å²) in [6.45, 7) is 2.08. The van der Waals surface area contributed by atoms with Crippen molar-refractivity contribution in [1.29, 1.82) is 0 Å². The van der Waals surface area contributed by atoms with Crippen molar-refractivity contribution in [2.45, 2.75) is 6.92 Å². The van der Waals surface area contributed by atoms with Gasteiger partial charge < -0.3 is 14.4 Å². The summed E-state index contributed by atoms with van der Waals surface area (Å²) in [5.41, 5.74) is 0.415. The largest absolute Gasteiger partial charge is 0.539 e. The molecule has 1 aromatic carbocycles. The fraction of sp³-hybridized carbons (Fsp3) is 0.222. The lowest BCUT2D eigenvalue weighted by Crippen LogP contribution is -2.05. The first-order chi connectivity index (χ1) is 6.77. The van der Waals surface area contributed by atoms with Gasteiger partial charge in [-0.05, 0) is 25.1 Å². The molecule has 0 aliphatic rings. The Kier molecular flexibility index (Phi) is 4.00. The summed E-state index contributed by atoms with van der Waals surface area (Å²) in [6, 6.07) is 6.46. The predicted molar refractivity (Wildman–Crippen MR) is 52.4 cm³/mol. The van der Waals surface area contributed by atoms with Gasteiger partial charge in [0.15, 0.2) is 0 Å². The van der Waals surface area contributed by atoms with E-state index in [4.69, 9.17) is 14.4 Å². The molecule has 0 saturated heterocycles. The van der Waals surface area contributed by atoms with Gasteiger partial charge in [-0.2, -0.15) is 0 Å². The lowest BCUT2D eigenvalue weighted by Gasteiger charge is -2.04. The van der Waals surface area contributed by atoms with Crippen molar-refractivity contribution in [2.24, 2.45) is 0 Å². The summed E-state index contributed by atoms with van der Waals surface area (Å²) in [4.78, 5) is 11.3. The van der Waals surface area contributed by atoms with E-state index in [0.717, 1.165) is 0 Å². The zero-order chi connectivity index (χ0) is 10.4. The van der Waals surface area contributed by atoms with Crippen molar-refractivity contribution < 1.29 is 19.2 Å². The zero-order valence-corrected chi connectivity index (χ0v) is 7.90. The van der Waals surface area contributed by atoms with Crippen molar-refractivity contribution in [3.63, 3.8) is 0 Å². The molecule has 1 aromatic rings. The van der Waals surface area contributed by atoms with Crippen LogP contribution in [0.3, 0.4) is 0 Å². The maximum absolute atomic E-state index is 11.3. The molecule has 0 bridgehead atoms. The molecular weight excluding hydrogens is 183 g/mol. The maximum Gasteiger partial charge on any atom is 0.504 e. The Bertz CT molecular complexity index is 313. The van der Waals surface area contributed by atoms with Crippen molar-refractivity contribution in [2.75, 3.05) is 6.61 Å². The Labute approximate surface area is 82.8 Å². The summed E-state index contributed by atoms with van der Waals surface area (Å²) in [6.07, 6.45) is 0. The average molecular weight is 194 g/mol. The maximum atomic E-state index is 11.3. The third-order valence-electron chi connectivity index (χ3n) is 1.58. The van der Waals surface area contributed by atoms with Crippen molar-refractivity contribution in [3.8, 4) is 5.75 Å². The highest BCUT2D eigenvalue weighted by atomic mass is 16.5. The van der Waals surface area contributed by atoms with E-state index in [1.54, 1.807) is 25.1 Å². The first-order valence-electron chi connectivity index (χ1n) is 4.28. The Morgan fingerprint density at radius 1 is 1.57 bits per heavy atom. The van der Waals surface area contributed by atoms with Gasteiger partial charge in [0.05, 0.1) is 12.2 Å². The van der Waals surface area contributed by atoms with E-state index in [0.29, 0.717) is 17.9 Å². The molecule has 0 radical (unpaired) electrons. The second kappa shape index (κ2) is 5.29. The van der Waals surface area contributed by atoms with E-state index in [-0.39, 0.29) is 0 Å². The third kappa shape index (κ3) is 2.78. The molecule has 4 nitrogen and oxygen atoms in total. The highest BCUT2D eigenvalue weighted by Gasteiger charge is 2.06. The number of ether oxygens (including phenoxy) is 1. The molecule has 0 unspecified atom stereocenters. The minimum atomic E-state index is -0.410. The normalized spacial score (nSPS) is 9.29. The van der Waals surface area contributed by atoms with Crippen molar-refractivity contribution >= 4 is 13.7 Å². The minimum Gasteiger partial charge on any atom is -0.539 e. The van der Waals surface area contributed by atoms with E-state index < -0.39 is 13.7 Å². The number of esters is 1. The van der Waals surface area contributed by atoms with Crippen molar-refractivity contribution in [1.82, 2.24) is 0 Å². The quantitative estimate of drug-likeness (QED) is 0.560. The topological polar surface area (TPSA) is 55.8 Å². The van der Waals surface area contributed by atoms with Gasteiger partial charge in [0.1, 0.15) is 5.75 Å². The molecule has 0 atom stereocenters. The first kappa shape index (κ1) is 10.6. The SMILES string of the molecule is CCOC(=O)c1cccc(OBO)c1. The smallest absolute Gasteiger partial charge is 0.504 e. The molecule has 0 saturated carbocycles. The number of benzene rings is 1. The number of rotatable bonds is 4. The van der Waals surface area contributed by atoms with E-state index in [9.17, 15) is 4.79 Å². The molecule has 0 fully saturated rings. The molecule has 14 heavy (non-hydrogen) atoms. The Morgan fingerprint density at radius 2 is 2.36 bits per heavy atom. The minimum absolute atomic E-state index is 0.337. The van der Waals surface area contributed by atoms with Gasteiger partial charge in [-0.25, -0.2) is 4.79 Å². The molecule has 74 valence electrons. The van der Waals surface area contributed by atoms with Crippen LogP contribution in [0.4, 0.5) is 0 Å². The van der Waals surface area contributed by atoms with Gasteiger partial charge in [0.25, 0.3) is 0 Å². The second-order valence-corrected chi connectivity index (χ2v) is 2.52. The van der Waals surface area contributed by atoms with Crippen LogP contribution < -0.4 is 4.65 Å². The van der Waals surface area contributed by atoms with Crippen LogP contribution in [0.2, 0.25) is 0 Å². The van der Waals surface area contributed by atoms with E-state index in [1.807, 2.05) is 0 Å². The highest BCUT2D eigenvalue weighted by Crippen LogP contribution is 2.13. The Balaban J connectivity index is 2.77. The lowest BCUT2D eigenvalue weighted by molar-refractivity contribution is 0.0526. The van der Waals surface area contributed by atoms with E-state index in [1.165, 1.54) is 6.07 Å². The van der Waals surface area contributed by atoms with E-state index in [2.05, 4.69) is 0 Å². The van der Waals surface area contributed by atoms with Gasteiger partial charge in [-0.1, -0.05) is 6.07 Å². The van der Waals surface area contributed by atoms with Gasteiger partial charge in [-0.15, -0.1) is 0 Å². The molecule has 0 aliphatic heterocycles. The third-order valence-corrected chi connectivity index (χ3v) is 1.58. The van der Waals surface area contributed by atoms with Crippen LogP contribution >= 0.6 is 0 Å². The summed E-state index contributed by atoms with van der Waals surface area (Å²) in [5.74, 6) is 0.0499. The van der Waals surface area contributed by atoms with Gasteiger partial charge in [0.2, 0.25) is 0 Å². The molecular formula is C9H11BO4. The van der Waals surface area contributed by atoms with Crippen LogP contribution in [0.5, 0.6) is 5.75 Å². The summed E-state index contributed by atoms with van der Waals surface area (Å²) < 4.78 is 9.63. The van der Waals surface area contributed by atoms with Gasteiger partial charge in [-0.3, -0.25) is 0 Å². The zero-order valence-electron chi connectivity index (χ0n) is 7.90. The summed E-state index contributed by atoms with van der Waals surface area (Å²) in [5, 5.41) is 8.51. The van der Waals surface area contributed by atoms with Gasteiger partial charge >= 0.3 is 13.7 Å². The number of hydrogen-bond donors (Lipinski definition) is 1. The number of carbonyl (C=O) groups is 1. The number of carbonyl (C=O) groups excluding carboxylic acids is 1. The predicted octanol–water partition coefficient (Wildman–Crippen LogP) is 0.501. The monoisotopic (exact) mass is 194 g/mol. The average Bonchev–Trinajstić information content (AvgIpc) is 2.19. The molecule has 5 heteroatoms. The first-order valence-corrected chi connectivity index (χ1v) is 4.28. The molecule has 0 amide bonds. The van der Waals surface area contributed by atoms with Crippen molar-refractivity contribution in [3.05, 3.63) is 29.8 Å². The molecule has 0 aromatic heterocycles. The van der Waals surface area contributed by atoms with Crippen LogP contribution in [0.1, 0.15) is 17.3 Å². The molecule has 1 N–H and O–H groups in total. The summed E-state index contributed by atoms with van der Waals surface area (Å²) >= 11 is 0. The summed E-state index contributed by atoms with van der Waals surface area (Å²) in [7, 11) is -0.410. The molecule has 0 heterocycles. The Hall–Kier alpha value is -1.49. The van der Waals surface area contributed by atoms with Crippen LogP contribution in [-0.2, 0) is 4.74 Å².